The fourth-order valence-electron chi connectivity index (χ4n) is 5.32. The van der Waals surface area contributed by atoms with Crippen LogP contribution in [0.4, 0.5) is 0 Å². The van der Waals surface area contributed by atoms with Crippen LogP contribution in [0.5, 0.6) is 0 Å². The number of fused-ring (bicyclic) bond motifs is 1. The Morgan fingerprint density at radius 1 is 0.974 bits per heavy atom. The van der Waals surface area contributed by atoms with E-state index in [0.29, 0.717) is 18.0 Å². The van der Waals surface area contributed by atoms with Crippen molar-refractivity contribution in [2.24, 2.45) is 0 Å². The number of carbonyl (C=O) groups is 1. The molecule has 2 N–H and O–H groups in total. The van der Waals surface area contributed by atoms with Gasteiger partial charge >= 0.3 is 0 Å². The average molecular weight is 533 g/mol. The first-order valence-electron chi connectivity index (χ1n) is 13.8. The van der Waals surface area contributed by atoms with Gasteiger partial charge in [-0.05, 0) is 91.4 Å². The number of benzene rings is 3. The highest BCUT2D eigenvalue weighted by Gasteiger charge is 2.20. The molecule has 3 aromatic rings. The largest absolute Gasteiger partial charge is 0.348 e. The molecule has 0 aliphatic heterocycles. The molecule has 0 spiro atoms. The molecule has 0 saturated carbocycles. The van der Waals surface area contributed by atoms with Crippen LogP contribution >= 0.6 is 0 Å². The molecule has 0 saturated heterocycles. The molecule has 1 aliphatic rings. The highest BCUT2D eigenvalue weighted by molar-refractivity contribution is 7.90. The Morgan fingerprint density at radius 2 is 1.71 bits per heavy atom. The van der Waals surface area contributed by atoms with Gasteiger partial charge in [0.15, 0.2) is 0 Å². The van der Waals surface area contributed by atoms with Gasteiger partial charge in [0.1, 0.15) is 9.84 Å². The molecule has 6 heteroatoms. The van der Waals surface area contributed by atoms with Gasteiger partial charge in [-0.25, -0.2) is 8.42 Å². The number of sulfone groups is 1. The van der Waals surface area contributed by atoms with Crippen LogP contribution in [0, 0.1) is 0 Å². The van der Waals surface area contributed by atoms with E-state index in [1.54, 1.807) is 12.1 Å². The van der Waals surface area contributed by atoms with Gasteiger partial charge in [0, 0.05) is 23.9 Å². The second-order valence-corrected chi connectivity index (χ2v) is 12.8. The first-order chi connectivity index (χ1) is 18.3. The molecule has 2 atom stereocenters. The Bertz CT molecular complexity index is 1300. The zero-order chi connectivity index (χ0) is 27.0. The SMILES string of the molecule is CCCN[C@H]1CCc2cc(CCCC(CS(C)(=O)=O)NC(=O)c3ccc(-c4ccccc4)cc3)ccc2C1. The van der Waals surface area contributed by atoms with Crippen LogP contribution in [0.2, 0.25) is 0 Å². The maximum absolute atomic E-state index is 13.0. The van der Waals surface area contributed by atoms with Crippen molar-refractivity contribution < 1.29 is 13.2 Å². The van der Waals surface area contributed by atoms with Gasteiger partial charge < -0.3 is 10.6 Å². The molecule has 38 heavy (non-hydrogen) atoms. The minimum atomic E-state index is -3.23. The van der Waals surface area contributed by atoms with E-state index >= 15 is 0 Å². The van der Waals surface area contributed by atoms with Crippen molar-refractivity contribution in [1.29, 1.82) is 0 Å². The van der Waals surface area contributed by atoms with E-state index in [2.05, 4.69) is 35.8 Å². The van der Waals surface area contributed by atoms with Crippen molar-refractivity contribution in [3.63, 3.8) is 0 Å². The molecule has 5 nitrogen and oxygen atoms in total. The summed E-state index contributed by atoms with van der Waals surface area (Å²) in [6, 6.07) is 24.4. The minimum Gasteiger partial charge on any atom is -0.348 e. The second-order valence-electron chi connectivity index (χ2n) is 10.6. The number of hydrogen-bond acceptors (Lipinski definition) is 4. The lowest BCUT2D eigenvalue weighted by atomic mass is 9.86. The van der Waals surface area contributed by atoms with Crippen LogP contribution in [0.3, 0.4) is 0 Å². The fraction of sp³-hybridized carbons (Fsp3) is 0.406. The summed E-state index contributed by atoms with van der Waals surface area (Å²) in [4.78, 5) is 13.0. The molecule has 1 amide bonds. The number of aryl methyl sites for hydroxylation is 2. The van der Waals surface area contributed by atoms with E-state index in [0.717, 1.165) is 49.8 Å². The van der Waals surface area contributed by atoms with Crippen molar-refractivity contribution in [2.75, 3.05) is 18.6 Å². The number of carbonyl (C=O) groups excluding carboxylic acids is 1. The van der Waals surface area contributed by atoms with E-state index in [1.165, 1.54) is 29.4 Å². The van der Waals surface area contributed by atoms with E-state index in [9.17, 15) is 13.2 Å². The molecule has 0 bridgehead atoms. The van der Waals surface area contributed by atoms with E-state index in [1.807, 2.05) is 42.5 Å². The van der Waals surface area contributed by atoms with Gasteiger partial charge in [0.25, 0.3) is 5.91 Å². The third-order valence-electron chi connectivity index (χ3n) is 7.29. The lowest BCUT2D eigenvalue weighted by Crippen LogP contribution is -2.39. The third-order valence-corrected chi connectivity index (χ3v) is 8.30. The van der Waals surface area contributed by atoms with Crippen LogP contribution in [0.1, 0.15) is 59.7 Å². The third kappa shape index (κ3) is 8.27. The highest BCUT2D eigenvalue weighted by atomic mass is 32.2. The van der Waals surface area contributed by atoms with Gasteiger partial charge in [-0.1, -0.05) is 67.6 Å². The summed E-state index contributed by atoms with van der Waals surface area (Å²) in [5, 5.41) is 6.63. The molecule has 202 valence electrons. The average Bonchev–Trinajstić information content (AvgIpc) is 2.91. The predicted molar refractivity (Wildman–Crippen MR) is 156 cm³/mol. The van der Waals surface area contributed by atoms with Crippen LogP contribution < -0.4 is 10.6 Å². The Balaban J connectivity index is 1.33. The molecule has 1 aliphatic carbocycles. The molecule has 1 unspecified atom stereocenters. The summed E-state index contributed by atoms with van der Waals surface area (Å²) >= 11 is 0. The number of rotatable bonds is 12. The lowest BCUT2D eigenvalue weighted by molar-refractivity contribution is 0.0938. The molecule has 4 rings (SSSR count). The zero-order valence-electron chi connectivity index (χ0n) is 22.6. The van der Waals surface area contributed by atoms with Gasteiger partial charge in [0.2, 0.25) is 0 Å². The summed E-state index contributed by atoms with van der Waals surface area (Å²) < 4.78 is 24.2. The first-order valence-corrected chi connectivity index (χ1v) is 15.8. The normalized spacial score (nSPS) is 16.0. The van der Waals surface area contributed by atoms with E-state index in [4.69, 9.17) is 0 Å². The summed E-state index contributed by atoms with van der Waals surface area (Å²) in [5.41, 5.74) is 6.82. The summed E-state index contributed by atoms with van der Waals surface area (Å²) in [6.07, 6.45) is 8.03. The van der Waals surface area contributed by atoms with Crippen LogP contribution in [0.15, 0.2) is 72.8 Å². The topological polar surface area (TPSA) is 75.3 Å². The van der Waals surface area contributed by atoms with Gasteiger partial charge in [-0.3, -0.25) is 4.79 Å². The van der Waals surface area contributed by atoms with Gasteiger partial charge in [0.05, 0.1) is 5.75 Å². The van der Waals surface area contributed by atoms with Crippen molar-refractivity contribution >= 4 is 15.7 Å². The quantitative estimate of drug-likeness (QED) is 0.329. The van der Waals surface area contributed by atoms with Crippen molar-refractivity contribution in [3.8, 4) is 11.1 Å². The minimum absolute atomic E-state index is 0.0584. The predicted octanol–water partition coefficient (Wildman–Crippen LogP) is 5.38. The molecular weight excluding hydrogens is 492 g/mol. The summed E-state index contributed by atoms with van der Waals surface area (Å²) in [7, 11) is -3.23. The van der Waals surface area contributed by atoms with Crippen molar-refractivity contribution in [2.45, 2.75) is 64.0 Å². The van der Waals surface area contributed by atoms with Crippen molar-refractivity contribution in [3.05, 3.63) is 95.1 Å². The summed E-state index contributed by atoms with van der Waals surface area (Å²) in [6.45, 7) is 3.27. The van der Waals surface area contributed by atoms with Gasteiger partial charge in [-0.2, -0.15) is 0 Å². The highest BCUT2D eigenvalue weighted by Crippen LogP contribution is 2.24. The van der Waals surface area contributed by atoms with Crippen LogP contribution in [-0.2, 0) is 29.1 Å². The Hall–Kier alpha value is -2.96. The molecule has 0 radical (unpaired) electrons. The van der Waals surface area contributed by atoms with E-state index < -0.39 is 15.9 Å². The zero-order valence-corrected chi connectivity index (χ0v) is 23.4. The number of hydrogen-bond donors (Lipinski definition) is 2. The van der Waals surface area contributed by atoms with Gasteiger partial charge in [-0.15, -0.1) is 0 Å². The van der Waals surface area contributed by atoms with Crippen molar-refractivity contribution in [1.82, 2.24) is 10.6 Å². The maximum Gasteiger partial charge on any atom is 0.251 e. The van der Waals surface area contributed by atoms with Crippen LogP contribution in [0.25, 0.3) is 11.1 Å². The summed E-state index contributed by atoms with van der Waals surface area (Å²) in [5.74, 6) is -0.296. The van der Waals surface area contributed by atoms with E-state index in [-0.39, 0.29) is 11.7 Å². The Kier molecular flexibility index (Phi) is 9.75. The fourth-order valence-corrected chi connectivity index (χ4v) is 6.30. The number of nitrogens with one attached hydrogen (secondary N) is 2. The monoisotopic (exact) mass is 532 g/mol. The molecular formula is C32H40N2O3S. The number of amides is 1. The standard InChI is InChI=1S/C32H40N2O3S/c1-3-20-33-30-19-18-28-21-24(12-13-29(28)22-30)8-7-11-31(23-38(2,36)37)34-32(35)27-16-14-26(15-17-27)25-9-5-4-6-10-25/h4-6,9-10,12-17,21,30-31,33H,3,7-8,11,18-20,22-23H2,1-2H3,(H,34,35)/t30-,31?/m0/s1. The lowest BCUT2D eigenvalue weighted by Gasteiger charge is -2.26. The molecule has 0 fully saturated rings. The smallest absolute Gasteiger partial charge is 0.251 e. The molecule has 3 aromatic carbocycles. The molecule has 0 heterocycles. The first kappa shape index (κ1) is 28.1. The maximum atomic E-state index is 13.0. The Morgan fingerprint density at radius 3 is 2.42 bits per heavy atom. The Labute approximate surface area is 228 Å². The molecule has 0 aromatic heterocycles. The van der Waals surface area contributed by atoms with Crippen LogP contribution in [-0.4, -0.2) is 45.0 Å². The second kappa shape index (κ2) is 13.2.